The average molecular weight is 310 g/mol. The van der Waals surface area contributed by atoms with Crippen LogP contribution in [0, 0.1) is 23.1 Å². The smallest absolute Gasteiger partial charge is 0.289 e. The van der Waals surface area contributed by atoms with Crippen molar-refractivity contribution in [1.82, 2.24) is 5.32 Å². The molecule has 6 heteroatoms. The summed E-state index contributed by atoms with van der Waals surface area (Å²) in [4.78, 5) is 24.4. The van der Waals surface area contributed by atoms with Crippen molar-refractivity contribution in [2.45, 2.75) is 12.0 Å². The summed E-state index contributed by atoms with van der Waals surface area (Å²) in [6, 6.07) is 12.0. The summed E-state index contributed by atoms with van der Waals surface area (Å²) in [5.41, 5.74) is 0.572. The molecule has 0 radical (unpaired) electrons. The topological polar surface area (TPSA) is 73.8 Å². The van der Waals surface area contributed by atoms with Gasteiger partial charge in [-0.3, -0.25) is 14.9 Å². The minimum atomic E-state index is -1.03. The molecular formula is C17H13FN3O2+. The molecule has 0 aliphatic carbocycles. The second-order valence-electron chi connectivity index (χ2n) is 5.31. The van der Waals surface area contributed by atoms with E-state index in [1.165, 1.54) is 24.3 Å². The summed E-state index contributed by atoms with van der Waals surface area (Å²) in [6.45, 7) is 0. The highest BCUT2D eigenvalue weighted by Crippen LogP contribution is 2.35. The van der Waals surface area contributed by atoms with Gasteiger partial charge in [0.25, 0.3) is 5.91 Å². The number of rotatable bonds is 2. The number of aromatic nitrogens is 1. The van der Waals surface area contributed by atoms with Gasteiger partial charge in [0, 0.05) is 12.1 Å². The molecule has 2 amide bonds. The van der Waals surface area contributed by atoms with Gasteiger partial charge in [0.15, 0.2) is 12.4 Å². The number of halogens is 1. The summed E-state index contributed by atoms with van der Waals surface area (Å²) in [5, 5.41) is 11.6. The van der Waals surface area contributed by atoms with Crippen LogP contribution in [0.5, 0.6) is 0 Å². The Morgan fingerprint density at radius 1 is 1.04 bits per heavy atom. The van der Waals surface area contributed by atoms with E-state index < -0.39 is 35.5 Å². The van der Waals surface area contributed by atoms with Crippen LogP contribution in [-0.4, -0.2) is 11.8 Å². The first kappa shape index (κ1) is 14.9. The number of nitriles is 1. The Morgan fingerprint density at radius 3 is 2.30 bits per heavy atom. The van der Waals surface area contributed by atoms with Gasteiger partial charge in [-0.05, 0) is 17.7 Å². The molecule has 0 bridgehead atoms. The first-order valence-electron chi connectivity index (χ1n) is 7.07. The molecule has 3 atom stereocenters. The molecule has 0 unspecified atom stereocenters. The van der Waals surface area contributed by atoms with E-state index in [2.05, 4.69) is 5.32 Å². The van der Waals surface area contributed by atoms with Gasteiger partial charge in [-0.2, -0.15) is 9.83 Å². The molecule has 2 heterocycles. The van der Waals surface area contributed by atoms with Crippen LogP contribution in [-0.2, 0) is 9.59 Å². The number of hydrogen-bond donors (Lipinski definition) is 1. The van der Waals surface area contributed by atoms with Crippen molar-refractivity contribution >= 4 is 11.8 Å². The first-order chi connectivity index (χ1) is 11.1. The molecular weight excluding hydrogens is 297 g/mol. The maximum atomic E-state index is 13.2. The summed E-state index contributed by atoms with van der Waals surface area (Å²) in [7, 11) is 0. The number of piperidine rings is 1. The van der Waals surface area contributed by atoms with Gasteiger partial charge in [0.2, 0.25) is 11.9 Å². The zero-order valence-electron chi connectivity index (χ0n) is 12.0. The molecule has 2 aromatic rings. The Bertz CT molecular complexity index is 784. The molecule has 1 saturated heterocycles. The van der Waals surface area contributed by atoms with Crippen molar-refractivity contribution in [2.24, 2.45) is 5.92 Å². The number of imide groups is 1. The van der Waals surface area contributed by atoms with Gasteiger partial charge in [-0.25, -0.2) is 4.39 Å². The van der Waals surface area contributed by atoms with Crippen LogP contribution in [0.3, 0.4) is 0 Å². The van der Waals surface area contributed by atoms with Gasteiger partial charge in [0.05, 0.1) is 12.0 Å². The fourth-order valence-electron chi connectivity index (χ4n) is 2.90. The van der Waals surface area contributed by atoms with Crippen LogP contribution >= 0.6 is 0 Å². The number of hydrogen-bond acceptors (Lipinski definition) is 3. The number of nitrogens with one attached hydrogen (secondary N) is 1. The largest absolute Gasteiger partial charge is 0.296 e. The molecule has 23 heavy (non-hydrogen) atoms. The molecule has 5 nitrogen and oxygen atoms in total. The van der Waals surface area contributed by atoms with Crippen LogP contribution in [0.2, 0.25) is 0 Å². The van der Waals surface area contributed by atoms with E-state index in [4.69, 9.17) is 0 Å². The van der Waals surface area contributed by atoms with E-state index in [9.17, 15) is 19.2 Å². The van der Waals surface area contributed by atoms with E-state index in [1.807, 2.05) is 6.07 Å². The normalized spacial score (nSPS) is 23.9. The minimum absolute atomic E-state index is 0.419. The highest BCUT2D eigenvalue weighted by Gasteiger charge is 2.50. The molecule has 1 aliphatic rings. The van der Waals surface area contributed by atoms with E-state index in [-0.39, 0.29) is 0 Å². The van der Waals surface area contributed by atoms with Crippen molar-refractivity contribution in [2.75, 3.05) is 0 Å². The lowest BCUT2D eigenvalue weighted by atomic mass is 9.77. The monoisotopic (exact) mass is 310 g/mol. The van der Waals surface area contributed by atoms with E-state index in [1.54, 1.807) is 35.2 Å². The van der Waals surface area contributed by atoms with Gasteiger partial charge in [0.1, 0.15) is 11.7 Å². The lowest BCUT2D eigenvalue weighted by molar-refractivity contribution is -0.713. The SMILES string of the molecule is N#C[C@@H]1C(=O)NC(=O)[C@H]([n+]2ccccc2)[C@@H]1c1ccc(F)cc1. The zero-order valence-corrected chi connectivity index (χ0v) is 12.0. The van der Waals surface area contributed by atoms with Crippen LogP contribution in [0.25, 0.3) is 0 Å². The van der Waals surface area contributed by atoms with Crippen LogP contribution in [0.15, 0.2) is 54.9 Å². The van der Waals surface area contributed by atoms with Crippen molar-refractivity contribution in [1.29, 1.82) is 5.26 Å². The maximum Gasteiger partial charge on any atom is 0.296 e. The fourth-order valence-corrected chi connectivity index (χ4v) is 2.90. The minimum Gasteiger partial charge on any atom is -0.289 e. The zero-order chi connectivity index (χ0) is 16.4. The predicted octanol–water partition coefficient (Wildman–Crippen LogP) is 1.23. The second kappa shape index (κ2) is 5.97. The third-order valence-electron chi connectivity index (χ3n) is 3.95. The maximum absolute atomic E-state index is 13.2. The summed E-state index contributed by atoms with van der Waals surface area (Å²) in [6.07, 6.45) is 3.40. The molecule has 1 fully saturated rings. The molecule has 1 N–H and O–H groups in total. The van der Waals surface area contributed by atoms with Crippen LogP contribution in [0.1, 0.15) is 17.5 Å². The predicted molar refractivity (Wildman–Crippen MR) is 77.1 cm³/mol. The quantitative estimate of drug-likeness (QED) is 0.670. The molecule has 1 aromatic carbocycles. The van der Waals surface area contributed by atoms with Crippen molar-refractivity contribution in [3.63, 3.8) is 0 Å². The number of nitrogens with zero attached hydrogens (tertiary/aromatic N) is 2. The van der Waals surface area contributed by atoms with Crippen LogP contribution < -0.4 is 9.88 Å². The van der Waals surface area contributed by atoms with Gasteiger partial charge >= 0.3 is 0 Å². The van der Waals surface area contributed by atoms with Crippen molar-refractivity contribution in [3.8, 4) is 6.07 Å². The van der Waals surface area contributed by atoms with Gasteiger partial charge in [-0.1, -0.05) is 18.2 Å². The molecule has 0 spiro atoms. The third-order valence-corrected chi connectivity index (χ3v) is 3.95. The lowest BCUT2D eigenvalue weighted by Gasteiger charge is -2.29. The molecule has 1 aliphatic heterocycles. The third kappa shape index (κ3) is 2.69. The molecule has 3 rings (SSSR count). The Hall–Kier alpha value is -3.07. The Kier molecular flexibility index (Phi) is 3.85. The number of carbonyl (C=O) groups is 2. The van der Waals surface area contributed by atoms with Gasteiger partial charge < -0.3 is 0 Å². The van der Waals surface area contributed by atoms with Crippen molar-refractivity contribution in [3.05, 3.63) is 66.2 Å². The number of benzene rings is 1. The fraction of sp³-hybridized carbons (Fsp3) is 0.176. The van der Waals surface area contributed by atoms with E-state index in [0.717, 1.165) is 0 Å². The number of carbonyl (C=O) groups excluding carboxylic acids is 2. The first-order valence-corrected chi connectivity index (χ1v) is 7.07. The van der Waals surface area contributed by atoms with E-state index >= 15 is 0 Å². The number of amides is 2. The number of pyridine rings is 1. The summed E-state index contributed by atoms with van der Waals surface area (Å²) in [5.74, 6) is -3.24. The van der Waals surface area contributed by atoms with Crippen LogP contribution in [0.4, 0.5) is 4.39 Å². The van der Waals surface area contributed by atoms with E-state index in [0.29, 0.717) is 5.56 Å². The Morgan fingerprint density at radius 2 is 1.70 bits per heavy atom. The molecule has 0 saturated carbocycles. The van der Waals surface area contributed by atoms with Gasteiger partial charge in [-0.15, -0.1) is 0 Å². The Labute approximate surface area is 132 Å². The lowest BCUT2D eigenvalue weighted by Crippen LogP contribution is -2.59. The second-order valence-corrected chi connectivity index (χ2v) is 5.31. The summed E-state index contributed by atoms with van der Waals surface area (Å²) >= 11 is 0. The summed E-state index contributed by atoms with van der Waals surface area (Å²) < 4.78 is 14.8. The Balaban J connectivity index is 2.13. The average Bonchev–Trinajstić information content (AvgIpc) is 2.56. The molecule has 1 aromatic heterocycles. The highest BCUT2D eigenvalue weighted by molar-refractivity contribution is 6.02. The highest BCUT2D eigenvalue weighted by atomic mass is 19.1. The standard InChI is InChI=1S/C17H12FN3O2/c18-12-6-4-11(5-7-12)14-13(10-19)16(22)20-17(23)15(14)21-8-2-1-3-9-21/h1-9,13-15H/p+1/t13-,14+,15+/m0/s1. The molecule has 114 valence electrons. The van der Waals surface area contributed by atoms with Crippen molar-refractivity contribution < 1.29 is 18.5 Å².